The van der Waals surface area contributed by atoms with Crippen molar-refractivity contribution in [2.24, 2.45) is 0 Å². The Bertz CT molecular complexity index is 680. The molecule has 2 rings (SSSR count). The third kappa shape index (κ3) is 3.49. The molecule has 0 aliphatic carbocycles. The van der Waals surface area contributed by atoms with Gasteiger partial charge in [-0.2, -0.15) is 0 Å². The number of nitrogen functional groups attached to an aromatic ring is 1. The molecule has 4 nitrogen and oxygen atoms in total. The molecule has 0 spiro atoms. The smallest absolute Gasteiger partial charge is 0.175 e. The van der Waals surface area contributed by atoms with E-state index >= 15 is 0 Å². The summed E-state index contributed by atoms with van der Waals surface area (Å²) in [6, 6.07) is 6.69. The van der Waals surface area contributed by atoms with Gasteiger partial charge in [0.05, 0.1) is 26.1 Å². The molecule has 0 radical (unpaired) electrons. The Balaban J connectivity index is 2.30. The van der Waals surface area contributed by atoms with Crippen molar-refractivity contribution in [2.45, 2.75) is 14.7 Å². The minimum absolute atomic E-state index is 0.304. The van der Waals surface area contributed by atoms with Crippen molar-refractivity contribution in [2.75, 3.05) is 12.0 Å². The van der Waals surface area contributed by atoms with E-state index in [9.17, 15) is 8.42 Å². The first-order chi connectivity index (χ1) is 8.88. The molecule has 0 unspecified atom stereocenters. The molecule has 19 heavy (non-hydrogen) atoms. The van der Waals surface area contributed by atoms with Crippen LogP contribution in [0.3, 0.4) is 0 Å². The maximum absolute atomic E-state index is 11.4. The van der Waals surface area contributed by atoms with Crippen molar-refractivity contribution in [3.63, 3.8) is 0 Å². The molecular formula is C12H11BrN2O2S2. The Morgan fingerprint density at radius 1 is 1.21 bits per heavy atom. The Kier molecular flexibility index (Phi) is 4.17. The van der Waals surface area contributed by atoms with Crippen molar-refractivity contribution < 1.29 is 8.42 Å². The lowest BCUT2D eigenvalue weighted by atomic mass is 10.4. The molecule has 2 aromatic rings. The molecule has 0 saturated heterocycles. The zero-order chi connectivity index (χ0) is 14.0. The van der Waals surface area contributed by atoms with E-state index in [1.807, 2.05) is 0 Å². The first-order valence-corrected chi connectivity index (χ1v) is 8.75. The molecule has 0 amide bonds. The minimum atomic E-state index is -3.16. The molecule has 1 aromatic carbocycles. The Labute approximate surface area is 124 Å². The average Bonchev–Trinajstić information content (AvgIpc) is 2.33. The predicted molar refractivity (Wildman–Crippen MR) is 80.0 cm³/mol. The predicted octanol–water partition coefficient (Wildman–Crippen LogP) is 2.98. The van der Waals surface area contributed by atoms with E-state index in [1.165, 1.54) is 18.0 Å². The SMILES string of the molecule is CS(=O)(=O)c1ccc(Sc2c(N)cncc2Br)cc1. The number of rotatable bonds is 3. The van der Waals surface area contributed by atoms with Crippen LogP contribution in [0.5, 0.6) is 0 Å². The van der Waals surface area contributed by atoms with Gasteiger partial charge in [-0.25, -0.2) is 8.42 Å². The van der Waals surface area contributed by atoms with Crippen LogP contribution in [0, 0.1) is 0 Å². The fourth-order valence-electron chi connectivity index (χ4n) is 1.42. The molecule has 7 heteroatoms. The molecular weight excluding hydrogens is 348 g/mol. The zero-order valence-electron chi connectivity index (χ0n) is 10.00. The van der Waals surface area contributed by atoms with Gasteiger partial charge in [0.2, 0.25) is 0 Å². The summed E-state index contributed by atoms with van der Waals surface area (Å²) in [5, 5.41) is 0. The third-order valence-electron chi connectivity index (χ3n) is 2.35. The maximum atomic E-state index is 11.4. The van der Waals surface area contributed by atoms with Crippen LogP contribution in [0.4, 0.5) is 5.69 Å². The monoisotopic (exact) mass is 358 g/mol. The fraction of sp³-hybridized carbons (Fsp3) is 0.0833. The molecule has 0 saturated carbocycles. The van der Waals surface area contributed by atoms with Gasteiger partial charge in [0, 0.05) is 17.3 Å². The lowest BCUT2D eigenvalue weighted by Crippen LogP contribution is -1.96. The lowest BCUT2D eigenvalue weighted by Gasteiger charge is -2.07. The Hall–Kier alpha value is -1.05. The molecule has 100 valence electrons. The van der Waals surface area contributed by atoms with Gasteiger partial charge in [-0.1, -0.05) is 11.8 Å². The number of pyridine rings is 1. The first-order valence-electron chi connectivity index (χ1n) is 5.25. The molecule has 1 aromatic heterocycles. The number of hydrogen-bond acceptors (Lipinski definition) is 5. The van der Waals surface area contributed by atoms with Crippen LogP contribution in [-0.2, 0) is 9.84 Å². The second kappa shape index (κ2) is 5.52. The van der Waals surface area contributed by atoms with E-state index in [0.29, 0.717) is 10.6 Å². The number of aromatic nitrogens is 1. The third-order valence-corrected chi connectivity index (χ3v) is 5.51. The van der Waals surface area contributed by atoms with E-state index in [2.05, 4.69) is 20.9 Å². The summed E-state index contributed by atoms with van der Waals surface area (Å²) in [5.74, 6) is 0. The second-order valence-corrected chi connectivity index (χ2v) is 7.84. The topological polar surface area (TPSA) is 73.0 Å². The van der Waals surface area contributed by atoms with Crippen LogP contribution in [0.1, 0.15) is 0 Å². The fourth-order valence-corrected chi connectivity index (χ4v) is 3.47. The molecule has 0 atom stereocenters. The number of hydrogen-bond donors (Lipinski definition) is 1. The Morgan fingerprint density at radius 2 is 1.84 bits per heavy atom. The van der Waals surface area contributed by atoms with Crippen molar-refractivity contribution in [1.82, 2.24) is 4.98 Å². The molecule has 0 aliphatic rings. The zero-order valence-corrected chi connectivity index (χ0v) is 13.2. The number of nitrogens with zero attached hydrogens (tertiary/aromatic N) is 1. The van der Waals surface area contributed by atoms with Gasteiger partial charge in [-0.15, -0.1) is 0 Å². The van der Waals surface area contributed by atoms with Crippen LogP contribution in [0.25, 0.3) is 0 Å². The van der Waals surface area contributed by atoms with Gasteiger partial charge >= 0.3 is 0 Å². The van der Waals surface area contributed by atoms with Crippen LogP contribution < -0.4 is 5.73 Å². The van der Waals surface area contributed by atoms with Gasteiger partial charge in [0.1, 0.15) is 0 Å². The van der Waals surface area contributed by atoms with Gasteiger partial charge < -0.3 is 5.73 Å². The van der Waals surface area contributed by atoms with Crippen LogP contribution in [0.2, 0.25) is 0 Å². The number of sulfone groups is 1. The maximum Gasteiger partial charge on any atom is 0.175 e. The molecule has 1 heterocycles. The van der Waals surface area contributed by atoms with Crippen LogP contribution >= 0.6 is 27.7 Å². The number of anilines is 1. The van der Waals surface area contributed by atoms with E-state index in [-0.39, 0.29) is 0 Å². The lowest BCUT2D eigenvalue weighted by molar-refractivity contribution is 0.602. The quantitative estimate of drug-likeness (QED) is 0.912. The van der Waals surface area contributed by atoms with Gasteiger partial charge in [0.15, 0.2) is 9.84 Å². The Morgan fingerprint density at radius 3 is 2.37 bits per heavy atom. The van der Waals surface area contributed by atoms with Crippen molar-refractivity contribution in [3.8, 4) is 0 Å². The molecule has 0 fully saturated rings. The largest absolute Gasteiger partial charge is 0.397 e. The molecule has 0 bridgehead atoms. The highest BCUT2D eigenvalue weighted by Gasteiger charge is 2.09. The second-order valence-electron chi connectivity index (χ2n) is 3.89. The average molecular weight is 359 g/mol. The minimum Gasteiger partial charge on any atom is -0.397 e. The van der Waals surface area contributed by atoms with Gasteiger partial charge in [0.25, 0.3) is 0 Å². The van der Waals surface area contributed by atoms with Gasteiger partial charge in [-0.3, -0.25) is 4.98 Å². The van der Waals surface area contributed by atoms with Crippen molar-refractivity contribution in [3.05, 3.63) is 41.1 Å². The summed E-state index contributed by atoms with van der Waals surface area (Å²) < 4.78 is 23.5. The van der Waals surface area contributed by atoms with E-state index in [0.717, 1.165) is 14.3 Å². The van der Waals surface area contributed by atoms with E-state index in [4.69, 9.17) is 5.73 Å². The summed E-state index contributed by atoms with van der Waals surface area (Å²) in [5.41, 5.74) is 6.43. The molecule has 2 N–H and O–H groups in total. The summed E-state index contributed by atoms with van der Waals surface area (Å²) >= 11 is 4.85. The van der Waals surface area contributed by atoms with Crippen LogP contribution in [0.15, 0.2) is 55.8 Å². The summed E-state index contributed by atoms with van der Waals surface area (Å²) in [7, 11) is -3.16. The first kappa shape index (κ1) is 14.4. The van der Waals surface area contributed by atoms with Gasteiger partial charge in [-0.05, 0) is 40.2 Å². The highest BCUT2D eigenvalue weighted by atomic mass is 79.9. The highest BCUT2D eigenvalue weighted by molar-refractivity contribution is 9.10. The highest BCUT2D eigenvalue weighted by Crippen LogP contribution is 2.37. The van der Waals surface area contributed by atoms with Crippen molar-refractivity contribution >= 4 is 43.2 Å². The standard InChI is InChI=1S/C12H11BrN2O2S2/c1-19(16,17)9-4-2-8(3-5-9)18-12-10(13)6-15-7-11(12)14/h2-7H,14H2,1H3. The number of halogens is 1. The summed E-state index contributed by atoms with van der Waals surface area (Å²) in [6.45, 7) is 0. The molecule has 0 aliphatic heterocycles. The number of benzene rings is 1. The normalized spacial score (nSPS) is 11.5. The van der Waals surface area contributed by atoms with E-state index in [1.54, 1.807) is 36.7 Å². The summed E-state index contributed by atoms with van der Waals surface area (Å²) in [6.07, 6.45) is 4.44. The summed E-state index contributed by atoms with van der Waals surface area (Å²) in [4.78, 5) is 6.04. The van der Waals surface area contributed by atoms with Crippen LogP contribution in [-0.4, -0.2) is 19.7 Å². The number of nitrogens with two attached hydrogens (primary N) is 1. The van der Waals surface area contributed by atoms with E-state index < -0.39 is 9.84 Å². The van der Waals surface area contributed by atoms with Crippen molar-refractivity contribution in [1.29, 1.82) is 0 Å².